The summed E-state index contributed by atoms with van der Waals surface area (Å²) in [4.78, 5) is 11.0. The first-order chi connectivity index (χ1) is 6.33. The highest BCUT2D eigenvalue weighted by Crippen LogP contribution is 2.05. The maximum atomic E-state index is 11.0. The van der Waals surface area contributed by atoms with E-state index in [9.17, 15) is 4.79 Å². The lowest BCUT2D eigenvalue weighted by Crippen LogP contribution is -1.99. The topological polar surface area (TPSA) is 17.1 Å². The van der Waals surface area contributed by atoms with Gasteiger partial charge in [-0.25, -0.2) is 0 Å². The second-order valence-corrected chi connectivity index (χ2v) is 3.77. The molecular formula is C11H13IO. The fourth-order valence-corrected chi connectivity index (χ4v) is 1.58. The van der Waals surface area contributed by atoms with Crippen LogP contribution < -0.4 is 0 Å². The molecule has 0 heterocycles. The van der Waals surface area contributed by atoms with E-state index in [0.717, 1.165) is 19.3 Å². The molecule has 0 saturated heterocycles. The normalized spacial score (nSPS) is 9.92. The zero-order valence-corrected chi connectivity index (χ0v) is 9.66. The van der Waals surface area contributed by atoms with Gasteiger partial charge in [0.1, 0.15) is 5.78 Å². The van der Waals surface area contributed by atoms with Crippen molar-refractivity contribution in [3.05, 3.63) is 35.9 Å². The van der Waals surface area contributed by atoms with Gasteiger partial charge in [0.2, 0.25) is 0 Å². The van der Waals surface area contributed by atoms with Crippen molar-refractivity contribution in [1.82, 2.24) is 0 Å². The van der Waals surface area contributed by atoms with Crippen LogP contribution >= 0.6 is 22.6 Å². The maximum absolute atomic E-state index is 11.0. The van der Waals surface area contributed by atoms with Gasteiger partial charge in [-0.2, -0.15) is 0 Å². The molecule has 0 amide bonds. The van der Waals surface area contributed by atoms with Crippen LogP contribution in [0.1, 0.15) is 18.4 Å². The molecule has 0 aliphatic heterocycles. The lowest BCUT2D eigenvalue weighted by Gasteiger charge is -1.99. The summed E-state index contributed by atoms with van der Waals surface area (Å²) in [5.74, 6) is 0.358. The van der Waals surface area contributed by atoms with E-state index in [0.29, 0.717) is 10.2 Å². The largest absolute Gasteiger partial charge is 0.299 e. The van der Waals surface area contributed by atoms with Crippen LogP contribution in [0.25, 0.3) is 0 Å². The van der Waals surface area contributed by atoms with E-state index < -0.39 is 0 Å². The number of benzene rings is 1. The average molecular weight is 288 g/mol. The van der Waals surface area contributed by atoms with Crippen molar-refractivity contribution in [3.63, 3.8) is 0 Å². The summed E-state index contributed by atoms with van der Waals surface area (Å²) in [6, 6.07) is 10.3. The summed E-state index contributed by atoms with van der Waals surface area (Å²) in [6.45, 7) is 0. The van der Waals surface area contributed by atoms with E-state index in [-0.39, 0.29) is 0 Å². The smallest absolute Gasteiger partial charge is 0.142 e. The molecule has 0 radical (unpaired) electrons. The number of carbonyl (C=O) groups excluding carboxylic acids is 1. The van der Waals surface area contributed by atoms with Gasteiger partial charge < -0.3 is 0 Å². The van der Waals surface area contributed by atoms with Crippen LogP contribution in [0.5, 0.6) is 0 Å². The van der Waals surface area contributed by atoms with Crippen LogP contribution in [-0.4, -0.2) is 10.2 Å². The third-order valence-corrected chi connectivity index (χ3v) is 2.76. The first-order valence-corrected chi connectivity index (χ1v) is 5.97. The number of hydrogen-bond donors (Lipinski definition) is 0. The Morgan fingerprint density at radius 1 is 1.23 bits per heavy atom. The van der Waals surface area contributed by atoms with E-state index in [1.807, 2.05) is 18.2 Å². The van der Waals surface area contributed by atoms with Gasteiger partial charge in [0.25, 0.3) is 0 Å². The van der Waals surface area contributed by atoms with Gasteiger partial charge in [-0.15, -0.1) is 0 Å². The van der Waals surface area contributed by atoms with Crippen molar-refractivity contribution in [1.29, 1.82) is 0 Å². The van der Waals surface area contributed by atoms with Crippen molar-refractivity contribution in [2.45, 2.75) is 19.3 Å². The molecule has 0 atom stereocenters. The Hall–Kier alpha value is -0.380. The first-order valence-electron chi connectivity index (χ1n) is 4.44. The predicted molar refractivity (Wildman–Crippen MR) is 63.3 cm³/mol. The van der Waals surface area contributed by atoms with Gasteiger partial charge in [0, 0.05) is 6.42 Å². The van der Waals surface area contributed by atoms with Gasteiger partial charge in [0.05, 0.1) is 4.43 Å². The second-order valence-electron chi connectivity index (χ2n) is 3.01. The highest BCUT2D eigenvalue weighted by molar-refractivity contribution is 14.1. The number of aryl methyl sites for hydroxylation is 1. The summed E-state index contributed by atoms with van der Waals surface area (Å²) in [5, 5.41) is 0. The van der Waals surface area contributed by atoms with Crippen LogP contribution in [0.3, 0.4) is 0 Å². The van der Waals surface area contributed by atoms with E-state index in [1.165, 1.54) is 5.56 Å². The van der Waals surface area contributed by atoms with Crippen LogP contribution in [0, 0.1) is 0 Å². The van der Waals surface area contributed by atoms with Crippen molar-refractivity contribution in [3.8, 4) is 0 Å². The Balaban J connectivity index is 2.24. The molecule has 0 saturated carbocycles. The number of ketones is 1. The quantitative estimate of drug-likeness (QED) is 0.601. The van der Waals surface area contributed by atoms with Crippen LogP contribution in [-0.2, 0) is 11.2 Å². The zero-order valence-electron chi connectivity index (χ0n) is 7.50. The standard InChI is InChI=1S/C11H13IO/c12-9-11(13)8-4-7-10-5-2-1-3-6-10/h1-3,5-6H,4,7-9H2. The minimum absolute atomic E-state index is 0.358. The SMILES string of the molecule is O=C(CI)CCCc1ccccc1. The van der Waals surface area contributed by atoms with Crippen LogP contribution in [0.4, 0.5) is 0 Å². The maximum Gasteiger partial charge on any atom is 0.142 e. The highest BCUT2D eigenvalue weighted by Gasteiger charge is 1.98. The van der Waals surface area contributed by atoms with Crippen molar-refractivity contribution >= 4 is 28.4 Å². The Bertz CT molecular complexity index is 256. The number of halogens is 1. The minimum Gasteiger partial charge on any atom is -0.299 e. The Morgan fingerprint density at radius 3 is 2.54 bits per heavy atom. The summed E-state index contributed by atoms with van der Waals surface area (Å²) >= 11 is 2.12. The van der Waals surface area contributed by atoms with Crippen LogP contribution in [0.15, 0.2) is 30.3 Å². The van der Waals surface area contributed by atoms with Gasteiger partial charge in [-0.1, -0.05) is 52.9 Å². The molecule has 2 heteroatoms. The molecule has 70 valence electrons. The fourth-order valence-electron chi connectivity index (χ4n) is 1.20. The van der Waals surface area contributed by atoms with Crippen molar-refractivity contribution in [2.24, 2.45) is 0 Å². The van der Waals surface area contributed by atoms with Gasteiger partial charge in [-0.05, 0) is 18.4 Å². The lowest BCUT2D eigenvalue weighted by molar-refractivity contribution is -0.116. The molecule has 1 aromatic carbocycles. The van der Waals surface area contributed by atoms with E-state index in [2.05, 4.69) is 34.7 Å². The summed E-state index contributed by atoms with van der Waals surface area (Å²) < 4.78 is 0.645. The molecule has 0 unspecified atom stereocenters. The molecule has 1 nitrogen and oxygen atoms in total. The van der Waals surface area contributed by atoms with Crippen molar-refractivity contribution < 1.29 is 4.79 Å². The first kappa shape index (κ1) is 10.7. The van der Waals surface area contributed by atoms with E-state index >= 15 is 0 Å². The third kappa shape index (κ3) is 4.41. The predicted octanol–water partition coefficient (Wildman–Crippen LogP) is 3.01. The molecule has 0 fully saturated rings. The number of hydrogen-bond acceptors (Lipinski definition) is 1. The molecular weight excluding hydrogens is 275 g/mol. The number of Topliss-reactive ketones (excluding diaryl/α,β-unsaturated/α-hetero) is 1. The van der Waals surface area contributed by atoms with Gasteiger partial charge in [0.15, 0.2) is 0 Å². The molecule has 1 aromatic rings. The highest BCUT2D eigenvalue weighted by atomic mass is 127. The Labute approximate surface area is 92.7 Å². The number of alkyl halides is 1. The monoisotopic (exact) mass is 288 g/mol. The molecule has 0 N–H and O–H groups in total. The molecule has 13 heavy (non-hydrogen) atoms. The van der Waals surface area contributed by atoms with E-state index in [1.54, 1.807) is 0 Å². The molecule has 0 aliphatic carbocycles. The van der Waals surface area contributed by atoms with E-state index in [4.69, 9.17) is 0 Å². The Kier molecular flexibility index (Phi) is 5.05. The fraction of sp³-hybridized carbons (Fsp3) is 0.364. The summed E-state index contributed by atoms with van der Waals surface area (Å²) in [6.07, 6.45) is 2.72. The second kappa shape index (κ2) is 6.13. The third-order valence-electron chi connectivity index (χ3n) is 1.91. The number of carbonyl (C=O) groups is 1. The van der Waals surface area contributed by atoms with Gasteiger partial charge in [-0.3, -0.25) is 4.79 Å². The average Bonchev–Trinajstić information content (AvgIpc) is 2.19. The lowest BCUT2D eigenvalue weighted by atomic mass is 10.1. The molecule has 0 spiro atoms. The summed E-state index contributed by atoms with van der Waals surface area (Å²) in [5.41, 5.74) is 1.32. The van der Waals surface area contributed by atoms with Crippen molar-refractivity contribution in [2.75, 3.05) is 4.43 Å². The Morgan fingerprint density at radius 2 is 1.92 bits per heavy atom. The van der Waals surface area contributed by atoms with Crippen LogP contribution in [0.2, 0.25) is 0 Å². The van der Waals surface area contributed by atoms with Gasteiger partial charge >= 0.3 is 0 Å². The summed E-state index contributed by atoms with van der Waals surface area (Å²) in [7, 11) is 0. The molecule has 0 aromatic heterocycles. The zero-order chi connectivity index (χ0) is 9.52. The number of rotatable bonds is 5. The minimum atomic E-state index is 0.358. The molecule has 0 bridgehead atoms. The molecule has 1 rings (SSSR count). The molecule has 0 aliphatic rings.